The highest BCUT2D eigenvalue weighted by atomic mass is 35.5. The average Bonchev–Trinajstić information content (AvgIpc) is 3.53. The molecule has 1 saturated heterocycles. The van der Waals surface area contributed by atoms with Gasteiger partial charge in [-0.05, 0) is 60.9 Å². The van der Waals surface area contributed by atoms with E-state index in [4.69, 9.17) is 34.8 Å². The Morgan fingerprint density at radius 2 is 1.78 bits per heavy atom. The number of aromatic nitrogens is 4. The first kappa shape index (κ1) is 30.4. The number of nitriles is 1. The lowest BCUT2D eigenvalue weighted by Gasteiger charge is -2.29. The van der Waals surface area contributed by atoms with Gasteiger partial charge in [-0.25, -0.2) is 13.9 Å². The average molecular weight is 666 g/mol. The molecule has 6 rings (SSSR count). The van der Waals surface area contributed by atoms with Crippen LogP contribution >= 0.6 is 34.8 Å². The number of anilines is 3. The minimum atomic E-state index is -0.925. The Labute approximate surface area is 271 Å². The van der Waals surface area contributed by atoms with Crippen molar-refractivity contribution in [1.82, 2.24) is 24.9 Å². The highest BCUT2D eigenvalue weighted by molar-refractivity contribution is 6.36. The Morgan fingerprint density at radius 1 is 1.04 bits per heavy atom. The number of piperidine rings is 1. The van der Waals surface area contributed by atoms with E-state index in [2.05, 4.69) is 32.0 Å². The van der Waals surface area contributed by atoms with Crippen LogP contribution < -0.4 is 10.6 Å². The number of halogens is 4. The second-order valence-corrected chi connectivity index (χ2v) is 11.8. The van der Waals surface area contributed by atoms with Gasteiger partial charge in [0.25, 0.3) is 0 Å². The van der Waals surface area contributed by atoms with Gasteiger partial charge in [0.15, 0.2) is 0 Å². The van der Waals surface area contributed by atoms with Gasteiger partial charge in [0.05, 0.1) is 45.1 Å². The van der Waals surface area contributed by atoms with Crippen LogP contribution in [0, 0.1) is 17.1 Å². The van der Waals surface area contributed by atoms with Crippen LogP contribution in [0.2, 0.25) is 15.1 Å². The number of pyridine rings is 1. The smallest absolute Gasteiger partial charge is 0.407 e. The Balaban J connectivity index is 1.37. The molecule has 1 unspecified atom stereocenters. The predicted octanol–water partition coefficient (Wildman–Crippen LogP) is 8.06. The van der Waals surface area contributed by atoms with E-state index in [-0.39, 0.29) is 16.6 Å². The van der Waals surface area contributed by atoms with Crippen LogP contribution in [0.5, 0.6) is 0 Å². The summed E-state index contributed by atoms with van der Waals surface area (Å²) in [6.45, 7) is 0.839. The van der Waals surface area contributed by atoms with Gasteiger partial charge in [-0.1, -0.05) is 52.1 Å². The van der Waals surface area contributed by atoms with E-state index in [9.17, 15) is 19.6 Å². The zero-order valence-electron chi connectivity index (χ0n) is 23.4. The third-order valence-electron chi connectivity index (χ3n) is 7.68. The molecular formula is C31H24Cl3FN8O2. The van der Waals surface area contributed by atoms with Gasteiger partial charge in [0.2, 0.25) is 0 Å². The monoisotopic (exact) mass is 664 g/mol. The van der Waals surface area contributed by atoms with Crippen molar-refractivity contribution in [1.29, 1.82) is 5.26 Å². The van der Waals surface area contributed by atoms with Crippen LogP contribution in [0.15, 0.2) is 67.0 Å². The number of amides is 1. The van der Waals surface area contributed by atoms with Crippen molar-refractivity contribution in [2.24, 2.45) is 0 Å². The Morgan fingerprint density at radius 3 is 2.47 bits per heavy atom. The van der Waals surface area contributed by atoms with Crippen LogP contribution in [0.25, 0.3) is 10.9 Å². The van der Waals surface area contributed by atoms with Crippen LogP contribution in [0.1, 0.15) is 41.7 Å². The van der Waals surface area contributed by atoms with Gasteiger partial charge in [0, 0.05) is 41.1 Å². The second-order valence-electron chi connectivity index (χ2n) is 10.5. The van der Waals surface area contributed by atoms with E-state index >= 15 is 0 Å². The van der Waals surface area contributed by atoms with Gasteiger partial charge in [-0.2, -0.15) is 5.26 Å². The molecule has 14 heteroatoms. The van der Waals surface area contributed by atoms with E-state index in [0.29, 0.717) is 69.6 Å². The quantitative estimate of drug-likeness (QED) is 0.159. The molecule has 0 aliphatic carbocycles. The highest BCUT2D eigenvalue weighted by Crippen LogP contribution is 2.37. The van der Waals surface area contributed by atoms with Gasteiger partial charge < -0.3 is 20.6 Å². The maximum absolute atomic E-state index is 13.8. The molecule has 10 nitrogen and oxygen atoms in total. The van der Waals surface area contributed by atoms with Crippen molar-refractivity contribution in [3.05, 3.63) is 105 Å². The number of carboxylic acid groups (broad SMARTS) is 1. The molecule has 3 aromatic carbocycles. The molecule has 1 aliphatic rings. The largest absolute Gasteiger partial charge is 0.465 e. The van der Waals surface area contributed by atoms with Crippen molar-refractivity contribution in [3.63, 3.8) is 0 Å². The normalized spacial score (nSPS) is 14.2. The first-order valence-corrected chi connectivity index (χ1v) is 15.0. The van der Waals surface area contributed by atoms with Crippen molar-refractivity contribution in [2.75, 3.05) is 23.7 Å². The fourth-order valence-electron chi connectivity index (χ4n) is 5.35. The SMILES string of the molecule is N#Cc1cnc2c(Cl)cc(NC(c3ccc(Cl)cc3)c3cn(C4CCN(C(=O)O)CC4)nn3)cc2c1Nc1ccc(F)c(Cl)c1. The molecule has 45 heavy (non-hydrogen) atoms. The topological polar surface area (TPSA) is 132 Å². The molecule has 1 fully saturated rings. The highest BCUT2D eigenvalue weighted by Gasteiger charge is 2.26. The number of hydrogen-bond acceptors (Lipinski definition) is 7. The second kappa shape index (κ2) is 12.8. The summed E-state index contributed by atoms with van der Waals surface area (Å²) in [5.41, 5.74) is 3.70. The summed E-state index contributed by atoms with van der Waals surface area (Å²) in [5.74, 6) is -0.562. The molecule has 1 aliphatic heterocycles. The number of nitrogens with zero attached hydrogens (tertiary/aromatic N) is 6. The zero-order valence-corrected chi connectivity index (χ0v) is 25.7. The lowest BCUT2D eigenvalue weighted by atomic mass is 10.0. The zero-order chi connectivity index (χ0) is 31.7. The fourth-order valence-corrected chi connectivity index (χ4v) is 5.93. The summed E-state index contributed by atoms with van der Waals surface area (Å²) in [6, 6.07) is 16.7. The molecule has 0 radical (unpaired) electrons. The lowest BCUT2D eigenvalue weighted by Crippen LogP contribution is -2.38. The van der Waals surface area contributed by atoms with Gasteiger partial charge >= 0.3 is 6.09 Å². The molecular weight excluding hydrogens is 642 g/mol. The molecule has 5 aromatic rings. The Hall–Kier alpha value is -4.63. The van der Waals surface area contributed by atoms with Gasteiger partial charge in [-0.15, -0.1) is 5.10 Å². The van der Waals surface area contributed by atoms with Crippen LogP contribution in [0.3, 0.4) is 0 Å². The number of likely N-dealkylation sites (tertiary alicyclic amines) is 1. The summed E-state index contributed by atoms with van der Waals surface area (Å²) in [7, 11) is 0. The van der Waals surface area contributed by atoms with Gasteiger partial charge in [0.1, 0.15) is 17.6 Å². The number of rotatable bonds is 7. The number of carbonyl (C=O) groups is 1. The summed E-state index contributed by atoms with van der Waals surface area (Å²) in [5, 5.41) is 36.2. The van der Waals surface area contributed by atoms with Crippen LogP contribution in [-0.4, -0.2) is 49.2 Å². The first-order chi connectivity index (χ1) is 21.7. The third kappa shape index (κ3) is 6.44. The number of benzene rings is 3. The van der Waals surface area contributed by atoms with Crippen LogP contribution in [-0.2, 0) is 0 Å². The van der Waals surface area contributed by atoms with Crippen molar-refractivity contribution in [2.45, 2.75) is 24.9 Å². The molecule has 2 aromatic heterocycles. The summed E-state index contributed by atoms with van der Waals surface area (Å²) < 4.78 is 15.6. The molecule has 1 atom stereocenters. The molecule has 3 N–H and O–H groups in total. The van der Waals surface area contributed by atoms with Crippen molar-refractivity contribution in [3.8, 4) is 6.07 Å². The molecule has 3 heterocycles. The molecule has 1 amide bonds. The molecule has 228 valence electrons. The fraction of sp³-hybridized carbons (Fsp3) is 0.194. The standard InChI is InChI=1S/C31H24Cl3FN8O2/c32-19-3-1-17(2-4-19)29(27-16-43(41-40-27)22-7-9-42(10-8-22)31(44)45)39-21-11-23-28(38-20-5-6-26(35)24(33)12-20)18(14-36)15-37-30(23)25(34)13-21/h1-6,11-13,15-16,22,29,39H,7-10H2,(H,37,38)(H,44,45). The Bertz CT molecular complexity index is 1940. The maximum Gasteiger partial charge on any atom is 0.407 e. The molecule has 0 bridgehead atoms. The summed E-state index contributed by atoms with van der Waals surface area (Å²) in [6.07, 6.45) is 3.60. The maximum atomic E-state index is 13.8. The van der Waals surface area contributed by atoms with E-state index in [1.807, 2.05) is 24.4 Å². The van der Waals surface area contributed by atoms with Crippen molar-refractivity contribution >= 4 is 68.9 Å². The lowest BCUT2D eigenvalue weighted by molar-refractivity contribution is 0.123. The number of hydrogen-bond donors (Lipinski definition) is 3. The van der Waals surface area contributed by atoms with E-state index < -0.39 is 18.0 Å². The summed E-state index contributed by atoms with van der Waals surface area (Å²) in [4.78, 5) is 17.2. The number of nitrogens with one attached hydrogen (secondary N) is 2. The summed E-state index contributed by atoms with van der Waals surface area (Å²) >= 11 is 18.9. The number of fused-ring (bicyclic) bond motifs is 1. The van der Waals surface area contributed by atoms with E-state index in [1.165, 1.54) is 29.3 Å². The minimum absolute atomic E-state index is 0.00639. The van der Waals surface area contributed by atoms with E-state index in [0.717, 1.165) is 5.56 Å². The molecule has 0 spiro atoms. The first-order valence-electron chi connectivity index (χ1n) is 13.9. The third-order valence-corrected chi connectivity index (χ3v) is 8.51. The predicted molar refractivity (Wildman–Crippen MR) is 171 cm³/mol. The van der Waals surface area contributed by atoms with Crippen LogP contribution in [0.4, 0.5) is 26.2 Å². The molecule has 0 saturated carbocycles. The van der Waals surface area contributed by atoms with E-state index in [1.54, 1.807) is 22.9 Å². The Kier molecular flexibility index (Phi) is 8.63. The van der Waals surface area contributed by atoms with Gasteiger partial charge in [-0.3, -0.25) is 4.98 Å². The van der Waals surface area contributed by atoms with Crippen molar-refractivity contribution < 1.29 is 14.3 Å². The minimum Gasteiger partial charge on any atom is -0.465 e.